The Morgan fingerprint density at radius 3 is 2.17 bits per heavy atom. The summed E-state index contributed by atoms with van der Waals surface area (Å²) in [5.41, 5.74) is -0.249. The quantitative estimate of drug-likeness (QED) is 0.669. The number of ether oxygens (including phenoxy) is 1. The molecule has 0 aromatic carbocycles. The summed E-state index contributed by atoms with van der Waals surface area (Å²) in [4.78, 5) is 13.4. The zero-order valence-electron chi connectivity index (χ0n) is 13.7. The SMILES string of the molecule is CC.CC(=O)C(C)(C)CCOC(C)CCN(C)C. The summed E-state index contributed by atoms with van der Waals surface area (Å²) >= 11 is 0. The van der Waals surface area contributed by atoms with E-state index in [2.05, 4.69) is 25.9 Å². The standard InChI is InChI=1S/C13H27NO2.C2H6/c1-11(7-9-14(5)6)16-10-8-13(3,4)12(2)15;1-2/h11H,7-10H2,1-6H3;1-2H3. The Morgan fingerprint density at radius 2 is 1.78 bits per heavy atom. The van der Waals surface area contributed by atoms with Crippen LogP contribution in [0.25, 0.3) is 0 Å². The molecule has 1 atom stereocenters. The van der Waals surface area contributed by atoms with E-state index in [9.17, 15) is 4.79 Å². The van der Waals surface area contributed by atoms with Crippen molar-refractivity contribution in [3.05, 3.63) is 0 Å². The van der Waals surface area contributed by atoms with Gasteiger partial charge >= 0.3 is 0 Å². The Kier molecular flexibility index (Phi) is 11.6. The van der Waals surface area contributed by atoms with Crippen LogP contribution in [-0.4, -0.2) is 44.0 Å². The maximum Gasteiger partial charge on any atom is 0.135 e. The van der Waals surface area contributed by atoms with E-state index >= 15 is 0 Å². The highest BCUT2D eigenvalue weighted by atomic mass is 16.5. The van der Waals surface area contributed by atoms with E-state index in [1.165, 1.54) is 0 Å². The lowest BCUT2D eigenvalue weighted by Crippen LogP contribution is -2.25. The molecule has 3 nitrogen and oxygen atoms in total. The van der Waals surface area contributed by atoms with E-state index in [1.807, 2.05) is 27.7 Å². The minimum atomic E-state index is -0.249. The van der Waals surface area contributed by atoms with E-state index in [0.717, 1.165) is 19.4 Å². The first kappa shape index (κ1) is 19.9. The molecule has 0 saturated heterocycles. The third-order valence-electron chi connectivity index (χ3n) is 3.07. The molecule has 0 heterocycles. The molecule has 1 unspecified atom stereocenters. The number of carbonyl (C=O) groups excluding carboxylic acids is 1. The Labute approximate surface area is 114 Å². The largest absolute Gasteiger partial charge is 0.378 e. The summed E-state index contributed by atoms with van der Waals surface area (Å²) in [6.45, 7) is 13.4. The van der Waals surface area contributed by atoms with Gasteiger partial charge in [0.25, 0.3) is 0 Å². The number of nitrogens with zero attached hydrogens (tertiary/aromatic N) is 1. The molecule has 0 aliphatic carbocycles. The Morgan fingerprint density at radius 1 is 1.28 bits per heavy atom. The second kappa shape index (κ2) is 10.5. The number of carbonyl (C=O) groups is 1. The molecule has 0 aliphatic rings. The van der Waals surface area contributed by atoms with Crippen LogP contribution in [0.4, 0.5) is 0 Å². The van der Waals surface area contributed by atoms with Crippen LogP contribution >= 0.6 is 0 Å². The summed E-state index contributed by atoms with van der Waals surface area (Å²) in [5.74, 6) is 0.233. The van der Waals surface area contributed by atoms with E-state index < -0.39 is 0 Å². The van der Waals surface area contributed by atoms with Crippen LogP contribution in [0.1, 0.15) is 54.4 Å². The molecule has 18 heavy (non-hydrogen) atoms. The van der Waals surface area contributed by atoms with Crippen molar-refractivity contribution in [2.24, 2.45) is 5.41 Å². The third-order valence-corrected chi connectivity index (χ3v) is 3.07. The van der Waals surface area contributed by atoms with Crippen LogP contribution in [0.2, 0.25) is 0 Å². The minimum absolute atomic E-state index is 0.233. The monoisotopic (exact) mass is 259 g/mol. The first-order valence-corrected chi connectivity index (χ1v) is 7.03. The molecule has 0 bridgehead atoms. The highest BCUT2D eigenvalue weighted by molar-refractivity contribution is 5.81. The van der Waals surface area contributed by atoms with E-state index in [0.29, 0.717) is 6.61 Å². The van der Waals surface area contributed by atoms with Gasteiger partial charge in [-0.1, -0.05) is 27.7 Å². The zero-order valence-corrected chi connectivity index (χ0v) is 13.7. The van der Waals surface area contributed by atoms with E-state index in [4.69, 9.17) is 4.74 Å². The predicted molar refractivity (Wildman–Crippen MR) is 79.0 cm³/mol. The smallest absolute Gasteiger partial charge is 0.135 e. The zero-order chi connectivity index (χ0) is 14.8. The average molecular weight is 259 g/mol. The van der Waals surface area contributed by atoms with Crippen LogP contribution in [-0.2, 0) is 9.53 Å². The van der Waals surface area contributed by atoms with Gasteiger partial charge in [-0.3, -0.25) is 4.79 Å². The van der Waals surface area contributed by atoms with Gasteiger partial charge in [0.2, 0.25) is 0 Å². The lowest BCUT2D eigenvalue weighted by atomic mass is 9.86. The first-order chi connectivity index (χ1) is 8.25. The normalized spacial score (nSPS) is 12.9. The third kappa shape index (κ3) is 10.7. The highest BCUT2D eigenvalue weighted by Gasteiger charge is 2.23. The lowest BCUT2D eigenvalue weighted by molar-refractivity contribution is -0.126. The summed E-state index contributed by atoms with van der Waals surface area (Å²) in [6, 6.07) is 0. The van der Waals surface area contributed by atoms with Gasteiger partial charge in [0.1, 0.15) is 5.78 Å². The molecular formula is C15H33NO2. The second-order valence-electron chi connectivity index (χ2n) is 5.46. The summed E-state index contributed by atoms with van der Waals surface area (Å²) in [7, 11) is 4.12. The van der Waals surface area contributed by atoms with Gasteiger partial charge in [-0.25, -0.2) is 0 Å². The van der Waals surface area contributed by atoms with Crippen molar-refractivity contribution in [3.63, 3.8) is 0 Å². The van der Waals surface area contributed by atoms with Crippen molar-refractivity contribution < 1.29 is 9.53 Å². The van der Waals surface area contributed by atoms with Gasteiger partial charge in [-0.15, -0.1) is 0 Å². The van der Waals surface area contributed by atoms with Crippen LogP contribution in [0, 0.1) is 5.41 Å². The molecule has 3 heteroatoms. The van der Waals surface area contributed by atoms with Crippen LogP contribution in [0.3, 0.4) is 0 Å². The molecular weight excluding hydrogens is 226 g/mol. The molecule has 0 saturated carbocycles. The fourth-order valence-corrected chi connectivity index (χ4v) is 1.21. The van der Waals surface area contributed by atoms with Gasteiger partial charge in [0.15, 0.2) is 0 Å². The van der Waals surface area contributed by atoms with Gasteiger partial charge in [0, 0.05) is 12.0 Å². The van der Waals surface area contributed by atoms with Crippen LogP contribution in [0.5, 0.6) is 0 Å². The maximum atomic E-state index is 11.3. The van der Waals surface area contributed by atoms with Crippen molar-refractivity contribution in [2.45, 2.75) is 60.5 Å². The molecule has 110 valence electrons. The van der Waals surface area contributed by atoms with Gasteiger partial charge in [0.05, 0.1) is 6.10 Å². The number of ketones is 1. The lowest BCUT2D eigenvalue weighted by Gasteiger charge is -2.22. The number of hydrogen-bond donors (Lipinski definition) is 0. The molecule has 0 aliphatic heterocycles. The summed E-state index contributed by atoms with van der Waals surface area (Å²) in [5, 5.41) is 0. The minimum Gasteiger partial charge on any atom is -0.378 e. The van der Waals surface area contributed by atoms with Gasteiger partial charge < -0.3 is 9.64 Å². The molecule has 0 spiro atoms. The fourth-order valence-electron chi connectivity index (χ4n) is 1.21. The molecule has 0 aromatic heterocycles. The molecule has 0 N–H and O–H groups in total. The van der Waals surface area contributed by atoms with Crippen LogP contribution < -0.4 is 0 Å². The molecule has 0 amide bonds. The molecule has 0 aromatic rings. The van der Waals surface area contributed by atoms with Crippen molar-refractivity contribution >= 4 is 5.78 Å². The average Bonchev–Trinajstić information content (AvgIpc) is 2.28. The summed E-state index contributed by atoms with van der Waals surface area (Å²) < 4.78 is 5.70. The predicted octanol–water partition coefficient (Wildman–Crippen LogP) is 3.37. The summed E-state index contributed by atoms with van der Waals surface area (Å²) in [6.07, 6.45) is 2.10. The maximum absolute atomic E-state index is 11.3. The van der Waals surface area contributed by atoms with Crippen molar-refractivity contribution in [1.29, 1.82) is 0 Å². The van der Waals surface area contributed by atoms with E-state index in [-0.39, 0.29) is 17.3 Å². The Hall–Kier alpha value is -0.410. The molecule has 0 rings (SSSR count). The van der Waals surface area contributed by atoms with Gasteiger partial charge in [-0.2, -0.15) is 0 Å². The second-order valence-corrected chi connectivity index (χ2v) is 5.46. The van der Waals surface area contributed by atoms with Crippen molar-refractivity contribution in [3.8, 4) is 0 Å². The Balaban J connectivity index is 0. The Bertz CT molecular complexity index is 213. The van der Waals surface area contributed by atoms with E-state index in [1.54, 1.807) is 6.92 Å². The first-order valence-electron chi connectivity index (χ1n) is 7.03. The topological polar surface area (TPSA) is 29.5 Å². The van der Waals surface area contributed by atoms with Gasteiger partial charge in [-0.05, 0) is 47.3 Å². The van der Waals surface area contributed by atoms with Crippen molar-refractivity contribution in [1.82, 2.24) is 4.90 Å². The highest BCUT2D eigenvalue weighted by Crippen LogP contribution is 2.21. The van der Waals surface area contributed by atoms with Crippen LogP contribution in [0.15, 0.2) is 0 Å². The number of hydrogen-bond acceptors (Lipinski definition) is 3. The molecule has 0 radical (unpaired) electrons. The fraction of sp³-hybridized carbons (Fsp3) is 0.933. The van der Waals surface area contributed by atoms with Crippen molar-refractivity contribution in [2.75, 3.05) is 27.2 Å². The number of rotatable bonds is 8. The number of Topliss-reactive ketones (excluding diaryl/α,β-unsaturated/α-hetero) is 1. The molecule has 0 fully saturated rings.